The summed E-state index contributed by atoms with van der Waals surface area (Å²) in [4.78, 5) is 29.0. The number of fused-ring (bicyclic) bond motifs is 1. The van der Waals surface area contributed by atoms with Gasteiger partial charge in [-0.25, -0.2) is 4.98 Å². The molecule has 0 aromatic carbocycles. The molecule has 1 aromatic heterocycles. The molecule has 1 unspecified atom stereocenters. The average molecular weight is 367 g/mol. The van der Waals surface area contributed by atoms with E-state index in [1.54, 1.807) is 13.8 Å². The van der Waals surface area contributed by atoms with Gasteiger partial charge >= 0.3 is 0 Å². The molecule has 1 atom stereocenters. The van der Waals surface area contributed by atoms with Crippen molar-refractivity contribution in [2.75, 3.05) is 19.4 Å². The molecule has 25 heavy (non-hydrogen) atoms. The second kappa shape index (κ2) is 6.72. The molecule has 0 aliphatic carbocycles. The van der Waals surface area contributed by atoms with E-state index in [1.807, 2.05) is 12.3 Å². The first-order chi connectivity index (χ1) is 11.8. The maximum Gasteiger partial charge on any atom is 0.296 e. The van der Waals surface area contributed by atoms with Crippen LogP contribution in [0.1, 0.15) is 36.6 Å². The van der Waals surface area contributed by atoms with E-state index in [1.165, 1.54) is 16.3 Å². The number of hydrogen-bond donors (Lipinski definition) is 2. The van der Waals surface area contributed by atoms with E-state index in [0.717, 1.165) is 5.09 Å². The number of hydrogen-bond acceptors (Lipinski definition) is 7. The lowest BCUT2D eigenvalue weighted by molar-refractivity contribution is -0.0566. The Hall–Kier alpha value is -2.00. The molecule has 136 valence electrons. The molecule has 2 aliphatic heterocycles. The zero-order valence-corrected chi connectivity index (χ0v) is 15.2. The Bertz CT molecular complexity index is 787. The largest absolute Gasteiger partial charge is 0.501 e. The summed E-state index contributed by atoms with van der Waals surface area (Å²) in [6, 6.07) is 0. The van der Waals surface area contributed by atoms with Gasteiger partial charge in [0.2, 0.25) is 5.75 Å². The van der Waals surface area contributed by atoms with Crippen LogP contribution in [-0.4, -0.2) is 46.1 Å². The minimum Gasteiger partial charge on any atom is -0.501 e. The van der Waals surface area contributed by atoms with Crippen molar-refractivity contribution in [3.63, 3.8) is 0 Å². The molecule has 0 bridgehead atoms. The fraction of sp³-hybridized carbons (Fsp3) is 0.562. The van der Waals surface area contributed by atoms with E-state index in [4.69, 9.17) is 9.47 Å². The SMILES string of the molecule is CSC1=CCC(CNC(=O)c2nc3n(c(=O)c2O)CCOC3(C)C)O1. The van der Waals surface area contributed by atoms with Crippen molar-refractivity contribution >= 4 is 17.7 Å². The van der Waals surface area contributed by atoms with Crippen molar-refractivity contribution in [2.45, 2.75) is 38.5 Å². The summed E-state index contributed by atoms with van der Waals surface area (Å²) in [5.74, 6) is -0.926. The molecule has 0 radical (unpaired) electrons. The van der Waals surface area contributed by atoms with Gasteiger partial charge in [0, 0.05) is 6.42 Å². The molecule has 8 nitrogen and oxygen atoms in total. The minimum atomic E-state index is -0.814. The van der Waals surface area contributed by atoms with E-state index in [9.17, 15) is 14.7 Å². The minimum absolute atomic E-state index is 0.160. The van der Waals surface area contributed by atoms with Crippen molar-refractivity contribution in [3.8, 4) is 5.75 Å². The van der Waals surface area contributed by atoms with Gasteiger partial charge in [-0.1, -0.05) is 11.8 Å². The Morgan fingerprint density at radius 3 is 3.00 bits per heavy atom. The number of nitrogens with zero attached hydrogens (tertiary/aromatic N) is 2. The number of thioether (sulfide) groups is 1. The van der Waals surface area contributed by atoms with Crippen LogP contribution in [0.4, 0.5) is 0 Å². The third-order valence-corrected chi connectivity index (χ3v) is 4.86. The first-order valence-electron chi connectivity index (χ1n) is 8.00. The van der Waals surface area contributed by atoms with Gasteiger partial charge in [-0.3, -0.25) is 14.2 Å². The van der Waals surface area contributed by atoms with Crippen LogP contribution < -0.4 is 10.9 Å². The smallest absolute Gasteiger partial charge is 0.296 e. The summed E-state index contributed by atoms with van der Waals surface area (Å²) < 4.78 is 12.6. The van der Waals surface area contributed by atoms with Crippen LogP contribution in [0.5, 0.6) is 5.75 Å². The molecule has 0 spiro atoms. The Labute approximate surface area is 149 Å². The van der Waals surface area contributed by atoms with Gasteiger partial charge < -0.3 is 19.9 Å². The number of rotatable bonds is 4. The highest BCUT2D eigenvalue weighted by Crippen LogP contribution is 2.27. The summed E-state index contributed by atoms with van der Waals surface area (Å²) >= 11 is 1.50. The number of ether oxygens (including phenoxy) is 2. The van der Waals surface area contributed by atoms with Crippen LogP contribution in [0.3, 0.4) is 0 Å². The lowest BCUT2D eigenvalue weighted by Crippen LogP contribution is -2.42. The molecular weight excluding hydrogens is 346 g/mol. The zero-order chi connectivity index (χ0) is 18.2. The molecule has 1 amide bonds. The van der Waals surface area contributed by atoms with E-state index >= 15 is 0 Å². The van der Waals surface area contributed by atoms with Gasteiger partial charge in [0.15, 0.2) is 5.69 Å². The Balaban J connectivity index is 1.79. The maximum absolute atomic E-state index is 12.4. The summed E-state index contributed by atoms with van der Waals surface area (Å²) in [5.41, 5.74) is -1.73. The second-order valence-corrected chi connectivity index (χ2v) is 7.17. The normalized spacial score (nSPS) is 21.2. The molecule has 9 heteroatoms. The summed E-state index contributed by atoms with van der Waals surface area (Å²) in [6.07, 6.45) is 4.41. The number of nitrogens with one attached hydrogen (secondary N) is 1. The molecular formula is C16H21N3O5S. The van der Waals surface area contributed by atoms with Crippen LogP contribution in [0.15, 0.2) is 16.0 Å². The number of amides is 1. The van der Waals surface area contributed by atoms with E-state index < -0.39 is 22.8 Å². The van der Waals surface area contributed by atoms with Gasteiger partial charge in [0.25, 0.3) is 11.5 Å². The van der Waals surface area contributed by atoms with Crippen molar-refractivity contribution in [3.05, 3.63) is 33.0 Å². The van der Waals surface area contributed by atoms with Crippen LogP contribution in [0, 0.1) is 0 Å². The predicted octanol–water partition coefficient (Wildman–Crippen LogP) is 0.937. The third-order valence-electron chi connectivity index (χ3n) is 4.20. The van der Waals surface area contributed by atoms with E-state index in [2.05, 4.69) is 10.3 Å². The molecule has 2 aliphatic rings. The average Bonchev–Trinajstić information content (AvgIpc) is 3.04. The monoisotopic (exact) mass is 367 g/mol. The van der Waals surface area contributed by atoms with Crippen LogP contribution in [0.25, 0.3) is 0 Å². The molecule has 3 rings (SSSR count). The number of aromatic nitrogens is 2. The van der Waals surface area contributed by atoms with Gasteiger partial charge in [-0.15, -0.1) is 0 Å². The van der Waals surface area contributed by atoms with Gasteiger partial charge in [-0.05, 0) is 26.2 Å². The van der Waals surface area contributed by atoms with Crippen LogP contribution in [-0.2, 0) is 21.6 Å². The predicted molar refractivity (Wildman–Crippen MR) is 92.6 cm³/mol. The van der Waals surface area contributed by atoms with Crippen LogP contribution >= 0.6 is 11.8 Å². The number of aromatic hydroxyl groups is 1. The molecule has 3 heterocycles. The maximum atomic E-state index is 12.4. The zero-order valence-electron chi connectivity index (χ0n) is 14.4. The second-order valence-electron chi connectivity index (χ2n) is 6.36. The Kier molecular flexibility index (Phi) is 4.79. The molecule has 0 saturated heterocycles. The molecule has 0 saturated carbocycles. The number of carbonyl (C=O) groups is 1. The molecule has 0 fully saturated rings. The fourth-order valence-corrected chi connectivity index (χ4v) is 3.36. The van der Waals surface area contributed by atoms with Crippen molar-refractivity contribution in [1.29, 1.82) is 0 Å². The fourth-order valence-electron chi connectivity index (χ4n) is 2.86. The summed E-state index contributed by atoms with van der Waals surface area (Å²) in [6.45, 7) is 4.44. The first kappa shape index (κ1) is 17.8. The standard InChI is InChI=1S/C16H21N3O5S/c1-16(2)15-18-11(12(20)14(22)19(15)6-7-23-16)13(21)17-8-9-4-5-10(24-9)25-3/h5,9,20H,4,6-8H2,1-3H3,(H,17,21). The highest BCUT2D eigenvalue weighted by atomic mass is 32.2. The summed E-state index contributed by atoms with van der Waals surface area (Å²) in [5, 5.41) is 13.6. The number of carbonyl (C=O) groups excluding carboxylic acids is 1. The Morgan fingerprint density at radius 1 is 1.56 bits per heavy atom. The van der Waals surface area contributed by atoms with E-state index in [0.29, 0.717) is 25.4 Å². The van der Waals surface area contributed by atoms with Crippen molar-refractivity contribution in [1.82, 2.24) is 14.9 Å². The lowest BCUT2D eigenvalue weighted by Gasteiger charge is -2.32. The molecule has 2 N–H and O–H groups in total. The van der Waals surface area contributed by atoms with Gasteiger partial charge in [0.05, 0.1) is 19.7 Å². The van der Waals surface area contributed by atoms with E-state index in [-0.39, 0.29) is 18.3 Å². The summed E-state index contributed by atoms with van der Waals surface area (Å²) in [7, 11) is 0. The van der Waals surface area contributed by atoms with Crippen molar-refractivity contribution < 1.29 is 19.4 Å². The highest BCUT2D eigenvalue weighted by Gasteiger charge is 2.34. The van der Waals surface area contributed by atoms with Gasteiger partial charge in [0.1, 0.15) is 22.6 Å². The molecule has 1 aromatic rings. The first-order valence-corrected chi connectivity index (χ1v) is 9.23. The third kappa shape index (κ3) is 3.38. The van der Waals surface area contributed by atoms with Crippen LogP contribution in [0.2, 0.25) is 0 Å². The van der Waals surface area contributed by atoms with Crippen molar-refractivity contribution in [2.24, 2.45) is 0 Å². The lowest BCUT2D eigenvalue weighted by atomic mass is 10.1. The highest BCUT2D eigenvalue weighted by molar-refractivity contribution is 8.02. The quantitative estimate of drug-likeness (QED) is 0.816. The Morgan fingerprint density at radius 2 is 2.32 bits per heavy atom. The van der Waals surface area contributed by atoms with Gasteiger partial charge in [-0.2, -0.15) is 0 Å². The topological polar surface area (TPSA) is 103 Å².